The van der Waals surface area contributed by atoms with E-state index >= 15 is 0 Å². The molecule has 25 heavy (non-hydrogen) atoms. The van der Waals surface area contributed by atoms with Gasteiger partial charge in [-0.25, -0.2) is 15.3 Å². The number of ether oxygens (including phenoxy) is 2. The van der Waals surface area contributed by atoms with Crippen LogP contribution in [0.5, 0.6) is 11.5 Å². The normalized spacial score (nSPS) is 10.6. The molecule has 1 heterocycles. The molecule has 0 unspecified atom stereocenters. The zero-order valence-corrected chi connectivity index (χ0v) is 13.7. The number of carbonyl (C=O) groups is 1. The summed E-state index contributed by atoms with van der Waals surface area (Å²) in [5, 5.41) is 9.54. The lowest BCUT2D eigenvalue weighted by Gasteiger charge is -2.09. The Morgan fingerprint density at radius 1 is 1.32 bits per heavy atom. The quantitative estimate of drug-likeness (QED) is 0.458. The maximum absolute atomic E-state index is 11.8. The number of hydrogen-bond acceptors (Lipinski definition) is 7. The van der Waals surface area contributed by atoms with Crippen molar-refractivity contribution in [2.75, 3.05) is 14.2 Å². The van der Waals surface area contributed by atoms with E-state index in [1.807, 2.05) is 4.98 Å². The van der Waals surface area contributed by atoms with E-state index in [1.165, 1.54) is 20.4 Å². The van der Waals surface area contributed by atoms with Crippen LogP contribution in [0.1, 0.15) is 17.7 Å². The Hall–Kier alpha value is -3.43. The Morgan fingerprint density at radius 2 is 2.12 bits per heavy atom. The van der Waals surface area contributed by atoms with Crippen molar-refractivity contribution in [1.29, 1.82) is 0 Å². The van der Waals surface area contributed by atoms with E-state index in [0.717, 1.165) is 0 Å². The van der Waals surface area contributed by atoms with E-state index in [1.54, 1.807) is 18.2 Å². The number of aromatic nitrogens is 3. The molecule has 0 radical (unpaired) electrons. The second-order valence-corrected chi connectivity index (χ2v) is 4.83. The van der Waals surface area contributed by atoms with Crippen LogP contribution in [0, 0.1) is 0 Å². The van der Waals surface area contributed by atoms with Crippen molar-refractivity contribution in [3.05, 3.63) is 50.3 Å². The highest BCUT2D eigenvalue weighted by atomic mass is 16.5. The molecule has 1 aromatic carbocycles. The summed E-state index contributed by atoms with van der Waals surface area (Å²) in [7, 11) is 3.02. The number of benzene rings is 1. The Kier molecular flexibility index (Phi) is 6.04. The molecular weight excluding hydrogens is 330 g/mol. The summed E-state index contributed by atoms with van der Waals surface area (Å²) in [4.78, 5) is 36.1. The summed E-state index contributed by atoms with van der Waals surface area (Å²) in [5.41, 5.74) is 1.71. The third-order valence-electron chi connectivity index (χ3n) is 3.20. The van der Waals surface area contributed by atoms with Crippen LogP contribution in [-0.4, -0.2) is 41.5 Å². The van der Waals surface area contributed by atoms with Gasteiger partial charge in [-0.3, -0.25) is 14.6 Å². The molecule has 0 aliphatic carbocycles. The lowest BCUT2D eigenvalue weighted by Crippen LogP contribution is -2.28. The third-order valence-corrected chi connectivity index (χ3v) is 3.20. The third kappa shape index (κ3) is 4.77. The van der Waals surface area contributed by atoms with Crippen LogP contribution in [-0.2, 0) is 11.2 Å². The van der Waals surface area contributed by atoms with Gasteiger partial charge in [0.1, 0.15) is 5.69 Å². The van der Waals surface area contributed by atoms with Gasteiger partial charge in [0.25, 0.3) is 5.56 Å². The van der Waals surface area contributed by atoms with Gasteiger partial charge in [-0.2, -0.15) is 10.2 Å². The monoisotopic (exact) mass is 347 g/mol. The number of nitrogens with one attached hydrogen (secondary N) is 3. The highest BCUT2D eigenvalue weighted by molar-refractivity contribution is 5.86. The predicted octanol–water partition coefficient (Wildman–Crippen LogP) is -0.442. The number of aromatic amines is 2. The number of amides is 1. The van der Waals surface area contributed by atoms with E-state index < -0.39 is 17.2 Å². The fourth-order valence-electron chi connectivity index (χ4n) is 2.02. The number of hydrazone groups is 1. The number of hydrogen-bond donors (Lipinski definition) is 3. The van der Waals surface area contributed by atoms with E-state index in [2.05, 4.69) is 20.7 Å². The molecule has 132 valence electrons. The molecule has 0 bridgehead atoms. The molecule has 0 atom stereocenters. The van der Waals surface area contributed by atoms with Gasteiger partial charge < -0.3 is 9.47 Å². The van der Waals surface area contributed by atoms with Gasteiger partial charge in [0.05, 0.1) is 20.4 Å². The topological polar surface area (TPSA) is 139 Å². The van der Waals surface area contributed by atoms with Crippen molar-refractivity contribution in [1.82, 2.24) is 20.6 Å². The molecule has 1 aromatic heterocycles. The maximum atomic E-state index is 11.8. The number of para-hydroxylation sites is 1. The summed E-state index contributed by atoms with van der Waals surface area (Å²) < 4.78 is 10.4. The van der Waals surface area contributed by atoms with Gasteiger partial charge in [0, 0.05) is 18.4 Å². The number of aryl methyl sites for hydroxylation is 1. The molecule has 2 rings (SSSR count). The molecule has 2 aromatic rings. The van der Waals surface area contributed by atoms with Gasteiger partial charge in [-0.05, 0) is 12.1 Å². The van der Waals surface area contributed by atoms with Crippen molar-refractivity contribution in [3.8, 4) is 11.5 Å². The molecule has 0 aliphatic rings. The highest BCUT2D eigenvalue weighted by Crippen LogP contribution is 2.29. The molecule has 0 saturated heterocycles. The minimum Gasteiger partial charge on any atom is -0.493 e. The second-order valence-electron chi connectivity index (χ2n) is 4.83. The van der Waals surface area contributed by atoms with Gasteiger partial charge in [-0.1, -0.05) is 6.07 Å². The summed E-state index contributed by atoms with van der Waals surface area (Å²) in [6, 6.07) is 5.25. The van der Waals surface area contributed by atoms with Crippen LogP contribution < -0.4 is 26.1 Å². The standard InChI is InChI=1S/C15H17N5O5/c1-24-11-5-3-4-9(13(11)25-2)8-16-19-12(21)7-6-10-14(22)17-15(23)20-18-10/h3-5,8H,6-7H2,1-2H3,(H,19,21)(H2,17,20,22,23)/b16-8-. The fourth-order valence-corrected chi connectivity index (χ4v) is 2.02. The van der Waals surface area contributed by atoms with E-state index in [0.29, 0.717) is 17.1 Å². The van der Waals surface area contributed by atoms with Gasteiger partial charge >= 0.3 is 5.69 Å². The molecule has 0 aliphatic heterocycles. The van der Waals surface area contributed by atoms with Crippen LogP contribution in [0.15, 0.2) is 32.9 Å². The molecule has 0 spiro atoms. The molecule has 1 amide bonds. The lowest BCUT2D eigenvalue weighted by molar-refractivity contribution is -0.121. The van der Waals surface area contributed by atoms with Crippen molar-refractivity contribution >= 4 is 12.1 Å². The minimum absolute atomic E-state index is 0.0191. The molecular formula is C15H17N5O5. The zero-order chi connectivity index (χ0) is 18.2. The number of methoxy groups -OCH3 is 2. The van der Waals surface area contributed by atoms with Crippen molar-refractivity contribution in [2.24, 2.45) is 5.10 Å². The van der Waals surface area contributed by atoms with Crippen molar-refractivity contribution < 1.29 is 14.3 Å². The van der Waals surface area contributed by atoms with E-state index in [-0.39, 0.29) is 18.5 Å². The Labute approximate surface area is 141 Å². The van der Waals surface area contributed by atoms with Crippen LogP contribution in [0.25, 0.3) is 0 Å². The molecule has 0 fully saturated rings. The minimum atomic E-state index is -0.699. The van der Waals surface area contributed by atoms with Gasteiger partial charge in [0.2, 0.25) is 5.91 Å². The first-order chi connectivity index (χ1) is 12.0. The molecule has 3 N–H and O–H groups in total. The number of nitrogens with zero attached hydrogens (tertiary/aromatic N) is 2. The smallest absolute Gasteiger partial charge is 0.342 e. The molecule has 10 nitrogen and oxygen atoms in total. The Balaban J connectivity index is 1.95. The van der Waals surface area contributed by atoms with E-state index in [9.17, 15) is 14.4 Å². The van der Waals surface area contributed by atoms with Crippen LogP contribution in [0.3, 0.4) is 0 Å². The highest BCUT2D eigenvalue weighted by Gasteiger charge is 2.08. The van der Waals surface area contributed by atoms with Gasteiger partial charge in [0.15, 0.2) is 11.5 Å². The second kappa shape index (κ2) is 8.43. The summed E-state index contributed by atoms with van der Waals surface area (Å²) in [6.07, 6.45) is 1.47. The summed E-state index contributed by atoms with van der Waals surface area (Å²) >= 11 is 0. The van der Waals surface area contributed by atoms with Crippen molar-refractivity contribution in [2.45, 2.75) is 12.8 Å². The van der Waals surface area contributed by atoms with Crippen LogP contribution in [0.4, 0.5) is 0 Å². The Morgan fingerprint density at radius 3 is 2.80 bits per heavy atom. The fraction of sp³-hybridized carbons (Fsp3) is 0.267. The first-order valence-electron chi connectivity index (χ1n) is 7.26. The average Bonchev–Trinajstić information content (AvgIpc) is 2.60. The number of H-pyrrole nitrogens is 2. The zero-order valence-electron chi connectivity index (χ0n) is 13.7. The maximum Gasteiger partial charge on any atom is 0.342 e. The first-order valence-corrected chi connectivity index (χ1v) is 7.26. The predicted molar refractivity (Wildman–Crippen MR) is 89.1 cm³/mol. The molecule has 10 heteroatoms. The van der Waals surface area contributed by atoms with Gasteiger partial charge in [-0.15, -0.1) is 0 Å². The van der Waals surface area contributed by atoms with Crippen LogP contribution in [0.2, 0.25) is 0 Å². The van der Waals surface area contributed by atoms with E-state index in [4.69, 9.17) is 9.47 Å². The number of rotatable bonds is 7. The number of carbonyl (C=O) groups excluding carboxylic acids is 1. The lowest BCUT2D eigenvalue weighted by atomic mass is 10.2. The first kappa shape index (κ1) is 17.9. The molecule has 0 saturated carbocycles. The van der Waals surface area contributed by atoms with Crippen molar-refractivity contribution in [3.63, 3.8) is 0 Å². The Bertz CT molecular complexity index is 886. The largest absolute Gasteiger partial charge is 0.493 e. The SMILES string of the molecule is COc1cccc(/C=N\NC(=O)CCc2n[nH]c(=O)[nH]c2=O)c1OC. The van der Waals surface area contributed by atoms with Crippen LogP contribution >= 0.6 is 0 Å². The summed E-state index contributed by atoms with van der Waals surface area (Å²) in [5.74, 6) is 0.624. The average molecular weight is 347 g/mol. The summed E-state index contributed by atoms with van der Waals surface area (Å²) in [6.45, 7) is 0.